The monoisotopic (exact) mass is 251 g/mol. The predicted octanol–water partition coefficient (Wildman–Crippen LogP) is 1.97. The van der Waals surface area contributed by atoms with E-state index in [-0.39, 0.29) is 19.1 Å². The first-order valence-electron chi connectivity index (χ1n) is 6.45. The van der Waals surface area contributed by atoms with Gasteiger partial charge in [-0.1, -0.05) is 31.1 Å². The molecule has 0 bridgehead atoms. The van der Waals surface area contributed by atoms with Crippen molar-refractivity contribution in [3.63, 3.8) is 0 Å². The summed E-state index contributed by atoms with van der Waals surface area (Å²) in [5.74, 6) is -0.127. The molecule has 0 aliphatic heterocycles. The van der Waals surface area contributed by atoms with Crippen molar-refractivity contribution in [2.24, 2.45) is 5.92 Å². The molecule has 0 heterocycles. The summed E-state index contributed by atoms with van der Waals surface area (Å²) < 4.78 is 4.85. The van der Waals surface area contributed by atoms with Crippen LogP contribution >= 0.6 is 0 Å². The van der Waals surface area contributed by atoms with Crippen molar-refractivity contribution in [2.75, 3.05) is 13.2 Å². The van der Waals surface area contributed by atoms with Crippen molar-refractivity contribution >= 4 is 11.9 Å². The van der Waals surface area contributed by atoms with Crippen molar-refractivity contribution in [3.8, 4) is 0 Å². The third kappa shape index (κ3) is 6.23. The largest absolute Gasteiger partial charge is 0.460 e. The Balaban J connectivity index is 2.13. The molecular weight excluding hydrogens is 230 g/mol. The van der Waals surface area contributed by atoms with Crippen LogP contribution in [0.5, 0.6) is 0 Å². The molecular formula is C14H21NO3. The molecule has 1 fully saturated rings. The minimum absolute atomic E-state index is 0.0780. The van der Waals surface area contributed by atoms with Crippen LogP contribution in [0.4, 0.5) is 0 Å². The molecule has 100 valence electrons. The molecule has 0 aromatic rings. The molecule has 0 aromatic carbocycles. The van der Waals surface area contributed by atoms with Crippen LogP contribution in [0.3, 0.4) is 0 Å². The molecule has 1 N–H and O–H groups in total. The van der Waals surface area contributed by atoms with Crippen molar-refractivity contribution in [3.05, 3.63) is 24.3 Å². The highest BCUT2D eigenvalue weighted by Gasteiger charge is 2.11. The molecule has 4 heteroatoms. The first-order chi connectivity index (χ1) is 8.72. The zero-order valence-electron chi connectivity index (χ0n) is 10.9. The van der Waals surface area contributed by atoms with E-state index in [2.05, 4.69) is 5.32 Å². The molecule has 1 amide bonds. The average molecular weight is 251 g/mol. The highest BCUT2D eigenvalue weighted by molar-refractivity contribution is 5.90. The lowest BCUT2D eigenvalue weighted by Gasteiger charge is -2.03. The van der Waals surface area contributed by atoms with Gasteiger partial charge in [-0.15, -0.1) is 0 Å². The van der Waals surface area contributed by atoms with E-state index >= 15 is 0 Å². The Labute approximate surface area is 108 Å². The zero-order chi connectivity index (χ0) is 13.2. The van der Waals surface area contributed by atoms with Gasteiger partial charge in [-0.2, -0.15) is 0 Å². The third-order valence-electron chi connectivity index (χ3n) is 2.90. The molecule has 1 saturated carbocycles. The summed E-state index contributed by atoms with van der Waals surface area (Å²) in [6.45, 7) is 2.03. The number of nitrogens with one attached hydrogen (secondary N) is 1. The fourth-order valence-corrected chi connectivity index (χ4v) is 1.88. The highest BCUT2D eigenvalue weighted by Crippen LogP contribution is 2.25. The Kier molecular flexibility index (Phi) is 6.84. The fraction of sp³-hybridized carbons (Fsp3) is 0.571. The summed E-state index contributed by atoms with van der Waals surface area (Å²) in [7, 11) is 0. The van der Waals surface area contributed by atoms with Gasteiger partial charge in [-0.25, -0.2) is 0 Å². The van der Waals surface area contributed by atoms with Crippen molar-refractivity contribution in [1.29, 1.82) is 0 Å². The lowest BCUT2D eigenvalue weighted by atomic mass is 10.1. The maximum Gasteiger partial charge on any atom is 0.325 e. The number of rotatable bonds is 6. The van der Waals surface area contributed by atoms with Crippen LogP contribution in [0.25, 0.3) is 0 Å². The first-order valence-corrected chi connectivity index (χ1v) is 6.45. The van der Waals surface area contributed by atoms with Gasteiger partial charge in [-0.05, 0) is 31.8 Å². The quantitative estimate of drug-likeness (QED) is 0.446. The second-order valence-electron chi connectivity index (χ2n) is 4.37. The molecule has 0 saturated heterocycles. The molecule has 1 rings (SSSR count). The van der Waals surface area contributed by atoms with E-state index in [1.165, 1.54) is 18.9 Å². The second kappa shape index (κ2) is 8.50. The van der Waals surface area contributed by atoms with E-state index in [0.717, 1.165) is 12.8 Å². The van der Waals surface area contributed by atoms with E-state index in [9.17, 15) is 9.59 Å². The van der Waals surface area contributed by atoms with E-state index in [1.807, 2.05) is 13.0 Å². The lowest BCUT2D eigenvalue weighted by molar-refractivity contribution is -0.142. The summed E-state index contributed by atoms with van der Waals surface area (Å²) in [6.07, 6.45) is 11.8. The zero-order valence-corrected chi connectivity index (χ0v) is 10.9. The van der Waals surface area contributed by atoms with Gasteiger partial charge in [0.05, 0.1) is 0 Å². The Bertz CT molecular complexity index is 328. The number of ether oxygens (including phenoxy) is 1. The summed E-state index contributed by atoms with van der Waals surface area (Å²) in [6, 6.07) is 0. The predicted molar refractivity (Wildman–Crippen MR) is 69.9 cm³/mol. The standard InChI is InChI=1S/C14H21NO3/c1-2-3-10-18-14(17)11-15-13(16)9-8-12-6-4-5-7-12/h2-3,8-9,12H,4-7,10-11H2,1H3,(H,15,16)/b3-2+,9-8+. The van der Waals surface area contributed by atoms with E-state index < -0.39 is 5.97 Å². The van der Waals surface area contributed by atoms with Crippen LogP contribution in [0.1, 0.15) is 32.6 Å². The number of esters is 1. The summed E-state index contributed by atoms with van der Waals surface area (Å²) >= 11 is 0. The van der Waals surface area contributed by atoms with Crippen molar-refractivity contribution in [1.82, 2.24) is 5.32 Å². The second-order valence-corrected chi connectivity index (χ2v) is 4.37. The SMILES string of the molecule is C/C=C/COC(=O)CNC(=O)/C=C/C1CCCC1. The molecule has 0 spiro atoms. The summed E-state index contributed by atoms with van der Waals surface area (Å²) in [5, 5.41) is 2.51. The average Bonchev–Trinajstić information content (AvgIpc) is 2.87. The molecule has 1 aliphatic carbocycles. The summed E-state index contributed by atoms with van der Waals surface area (Å²) in [5.41, 5.74) is 0. The molecule has 18 heavy (non-hydrogen) atoms. The van der Waals surface area contributed by atoms with Crippen LogP contribution in [0, 0.1) is 5.92 Å². The Morgan fingerprint density at radius 2 is 2.06 bits per heavy atom. The smallest absolute Gasteiger partial charge is 0.325 e. The molecule has 0 unspecified atom stereocenters. The van der Waals surface area contributed by atoms with Gasteiger partial charge in [0.15, 0.2) is 0 Å². The fourth-order valence-electron chi connectivity index (χ4n) is 1.88. The van der Waals surface area contributed by atoms with Gasteiger partial charge in [0, 0.05) is 0 Å². The van der Waals surface area contributed by atoms with E-state index in [1.54, 1.807) is 12.2 Å². The lowest BCUT2D eigenvalue weighted by Crippen LogP contribution is -2.29. The molecule has 0 aromatic heterocycles. The van der Waals surface area contributed by atoms with Crippen LogP contribution < -0.4 is 5.32 Å². The van der Waals surface area contributed by atoms with Gasteiger partial charge in [-0.3, -0.25) is 9.59 Å². The number of allylic oxidation sites excluding steroid dienone is 2. The number of carbonyl (C=O) groups is 2. The van der Waals surface area contributed by atoms with Gasteiger partial charge in [0.2, 0.25) is 5.91 Å². The van der Waals surface area contributed by atoms with Crippen LogP contribution in [-0.4, -0.2) is 25.0 Å². The topological polar surface area (TPSA) is 55.4 Å². The maximum absolute atomic E-state index is 11.4. The first kappa shape index (κ1) is 14.5. The minimum atomic E-state index is -0.421. The van der Waals surface area contributed by atoms with Crippen molar-refractivity contribution in [2.45, 2.75) is 32.6 Å². The number of amides is 1. The number of hydrogen-bond acceptors (Lipinski definition) is 3. The van der Waals surface area contributed by atoms with Gasteiger partial charge < -0.3 is 10.1 Å². The van der Waals surface area contributed by atoms with Crippen LogP contribution in [-0.2, 0) is 14.3 Å². The Hall–Kier alpha value is -1.58. The van der Waals surface area contributed by atoms with Crippen LogP contribution in [0.15, 0.2) is 24.3 Å². The third-order valence-corrected chi connectivity index (χ3v) is 2.90. The molecule has 1 aliphatic rings. The van der Waals surface area contributed by atoms with E-state index in [4.69, 9.17) is 4.74 Å². The van der Waals surface area contributed by atoms with Gasteiger partial charge in [0.1, 0.15) is 13.2 Å². The molecule has 0 radical (unpaired) electrons. The summed E-state index contributed by atoms with van der Waals surface area (Å²) in [4.78, 5) is 22.6. The minimum Gasteiger partial charge on any atom is -0.460 e. The van der Waals surface area contributed by atoms with Gasteiger partial charge >= 0.3 is 5.97 Å². The molecule has 4 nitrogen and oxygen atoms in total. The number of carbonyl (C=O) groups excluding carboxylic acids is 2. The van der Waals surface area contributed by atoms with Crippen molar-refractivity contribution < 1.29 is 14.3 Å². The molecule has 0 atom stereocenters. The Morgan fingerprint density at radius 3 is 2.72 bits per heavy atom. The normalized spacial score (nSPS) is 16.5. The Morgan fingerprint density at radius 1 is 1.33 bits per heavy atom. The van der Waals surface area contributed by atoms with E-state index in [0.29, 0.717) is 5.92 Å². The maximum atomic E-state index is 11.4. The van der Waals surface area contributed by atoms with Gasteiger partial charge in [0.25, 0.3) is 0 Å². The highest BCUT2D eigenvalue weighted by atomic mass is 16.5. The van der Waals surface area contributed by atoms with Crippen LogP contribution in [0.2, 0.25) is 0 Å². The number of hydrogen-bond donors (Lipinski definition) is 1.